The van der Waals surface area contributed by atoms with Gasteiger partial charge in [-0.25, -0.2) is 14.8 Å². The van der Waals surface area contributed by atoms with Crippen LogP contribution in [0.1, 0.15) is 49.4 Å². The summed E-state index contributed by atoms with van der Waals surface area (Å²) < 4.78 is 4.59. The number of nitrogens with zero attached hydrogens (tertiary/aromatic N) is 3. The van der Waals surface area contributed by atoms with Gasteiger partial charge in [0.2, 0.25) is 5.91 Å². The fourth-order valence-corrected chi connectivity index (χ4v) is 6.23. The van der Waals surface area contributed by atoms with Crippen molar-refractivity contribution in [2.45, 2.75) is 45.7 Å². The highest BCUT2D eigenvalue weighted by atomic mass is 16.5. The van der Waals surface area contributed by atoms with Crippen molar-refractivity contribution in [3.05, 3.63) is 96.3 Å². The first kappa shape index (κ1) is 31.7. The maximum atomic E-state index is 12.8. The third-order valence-corrected chi connectivity index (χ3v) is 8.59. The fourth-order valence-electron chi connectivity index (χ4n) is 6.23. The summed E-state index contributed by atoms with van der Waals surface area (Å²) in [5, 5.41) is 5.98. The molecule has 1 fully saturated rings. The van der Waals surface area contributed by atoms with Gasteiger partial charge >= 0.3 is 6.09 Å². The maximum Gasteiger partial charge on any atom is 0.407 e. The molecule has 10 heteroatoms. The van der Waals surface area contributed by atoms with Crippen molar-refractivity contribution in [2.24, 2.45) is 0 Å². The van der Waals surface area contributed by atoms with Crippen LogP contribution in [-0.2, 0) is 16.1 Å². The Hall–Kier alpha value is -5.22. The second kappa shape index (κ2) is 14.5. The van der Waals surface area contributed by atoms with Gasteiger partial charge in [0.25, 0.3) is 0 Å². The molecule has 2 amide bonds. The molecule has 5 aromatic rings. The van der Waals surface area contributed by atoms with Gasteiger partial charge in [0.05, 0.1) is 43.5 Å². The molecule has 0 saturated carbocycles. The summed E-state index contributed by atoms with van der Waals surface area (Å²) in [4.78, 5) is 42.2. The predicted octanol–water partition coefficient (Wildman–Crippen LogP) is 6.63. The van der Waals surface area contributed by atoms with Crippen LogP contribution in [0.5, 0.6) is 0 Å². The highest BCUT2D eigenvalue weighted by Crippen LogP contribution is 2.39. The van der Waals surface area contributed by atoms with Gasteiger partial charge in [-0.05, 0) is 78.2 Å². The number of rotatable bonds is 11. The Morgan fingerprint density at radius 2 is 1.68 bits per heavy atom. The molecule has 3 heterocycles. The molecule has 4 N–H and O–H groups in total. The monoisotopic (exact) mass is 631 g/mol. The highest BCUT2D eigenvalue weighted by molar-refractivity contribution is 5.89. The van der Waals surface area contributed by atoms with E-state index in [1.165, 1.54) is 19.1 Å². The number of alkyl carbamates (subject to hydrolysis) is 1. The molecule has 6 rings (SSSR count). The first-order valence-electron chi connectivity index (χ1n) is 16.2. The third-order valence-electron chi connectivity index (χ3n) is 8.59. The van der Waals surface area contributed by atoms with Gasteiger partial charge in [-0.1, -0.05) is 61.5 Å². The minimum Gasteiger partial charge on any atom is -0.453 e. The number of hydrogen-bond donors (Lipinski definition) is 4. The van der Waals surface area contributed by atoms with Gasteiger partial charge in [-0.2, -0.15) is 0 Å². The second-order valence-electron chi connectivity index (χ2n) is 11.9. The smallest absolute Gasteiger partial charge is 0.407 e. The van der Waals surface area contributed by atoms with Gasteiger partial charge in [0.15, 0.2) is 0 Å². The minimum absolute atomic E-state index is 0.136. The molecular formula is C37H41N7O3. The number of carbonyl (C=O) groups excluding carboxylic acids is 2. The number of imidazole rings is 2. The lowest BCUT2D eigenvalue weighted by atomic mass is 9.88. The highest BCUT2D eigenvalue weighted by Gasteiger charge is 2.20. The van der Waals surface area contributed by atoms with E-state index in [-0.39, 0.29) is 12.5 Å². The van der Waals surface area contributed by atoms with Crippen LogP contribution in [0.4, 0.5) is 4.79 Å². The van der Waals surface area contributed by atoms with Crippen molar-refractivity contribution < 1.29 is 14.3 Å². The molecule has 1 aliphatic rings. The van der Waals surface area contributed by atoms with E-state index in [1.54, 1.807) is 4.90 Å². The van der Waals surface area contributed by atoms with Gasteiger partial charge in [-0.15, -0.1) is 0 Å². The van der Waals surface area contributed by atoms with E-state index in [0.29, 0.717) is 25.0 Å². The van der Waals surface area contributed by atoms with Crippen LogP contribution >= 0.6 is 0 Å². The molecule has 3 aromatic carbocycles. The van der Waals surface area contributed by atoms with Crippen molar-refractivity contribution in [3.8, 4) is 44.8 Å². The van der Waals surface area contributed by atoms with Gasteiger partial charge in [0.1, 0.15) is 18.2 Å². The molecule has 0 spiro atoms. The number of hydrogen-bond acceptors (Lipinski definition) is 6. The first-order chi connectivity index (χ1) is 22.9. The number of benzene rings is 3. The predicted molar refractivity (Wildman–Crippen MR) is 183 cm³/mol. The normalized spacial score (nSPS) is 14.2. The molecule has 242 valence electrons. The van der Waals surface area contributed by atoms with Crippen molar-refractivity contribution in [3.63, 3.8) is 0 Å². The number of H-pyrrole nitrogens is 2. The Balaban J connectivity index is 1.27. The largest absolute Gasteiger partial charge is 0.453 e. The molecule has 2 aromatic heterocycles. The number of nitrogens with one attached hydrogen (secondary N) is 4. The van der Waals surface area contributed by atoms with Crippen molar-refractivity contribution in [2.75, 3.05) is 26.7 Å². The van der Waals surface area contributed by atoms with Crippen LogP contribution in [0.2, 0.25) is 0 Å². The molecule has 0 aliphatic carbocycles. The Morgan fingerprint density at radius 3 is 2.40 bits per heavy atom. The Morgan fingerprint density at radius 1 is 0.936 bits per heavy atom. The van der Waals surface area contributed by atoms with Crippen LogP contribution < -0.4 is 10.6 Å². The zero-order valence-electron chi connectivity index (χ0n) is 27.1. The lowest BCUT2D eigenvalue weighted by Gasteiger charge is -2.21. The number of amides is 2. The summed E-state index contributed by atoms with van der Waals surface area (Å²) in [7, 11) is 1.27. The van der Waals surface area contributed by atoms with E-state index in [0.717, 1.165) is 70.0 Å². The molecule has 10 nitrogen and oxygen atoms in total. The van der Waals surface area contributed by atoms with Crippen LogP contribution in [0, 0.1) is 6.92 Å². The average molecular weight is 632 g/mol. The van der Waals surface area contributed by atoms with Crippen LogP contribution in [0.15, 0.2) is 79.1 Å². The first-order valence-corrected chi connectivity index (χ1v) is 16.2. The van der Waals surface area contributed by atoms with Crippen LogP contribution in [0.25, 0.3) is 44.8 Å². The fraction of sp³-hybridized carbons (Fsp3) is 0.297. The zero-order chi connectivity index (χ0) is 32.8. The van der Waals surface area contributed by atoms with Crippen molar-refractivity contribution >= 4 is 12.0 Å². The number of aromatic nitrogens is 4. The lowest BCUT2D eigenvalue weighted by Crippen LogP contribution is -2.40. The van der Waals surface area contributed by atoms with E-state index in [4.69, 9.17) is 0 Å². The van der Waals surface area contributed by atoms with E-state index < -0.39 is 6.09 Å². The lowest BCUT2D eigenvalue weighted by molar-refractivity contribution is -0.130. The van der Waals surface area contributed by atoms with Gasteiger partial charge in [-0.3, -0.25) is 4.79 Å². The Bertz CT molecular complexity index is 1820. The summed E-state index contributed by atoms with van der Waals surface area (Å²) in [6.45, 7) is 5.90. The number of aromatic amines is 2. The zero-order valence-corrected chi connectivity index (χ0v) is 27.1. The summed E-state index contributed by atoms with van der Waals surface area (Å²) in [5.41, 5.74) is 9.68. The minimum atomic E-state index is -0.636. The summed E-state index contributed by atoms with van der Waals surface area (Å²) in [5.74, 6) is 1.47. The standard InChI is InChI=1S/C37H41N7O3/c1-4-17-44(34(45)22-41-37(46)47-3)23-33-39-20-32(42-33)28-18-24(2)35(29(19-28)25-9-6-5-7-10-25)27-14-12-26(13-15-27)31-21-40-36(43-31)30-11-8-16-38-30/h5-7,9-10,12-15,18-21,30,38H,4,8,11,16-17,22-23H2,1-3H3,(H,39,42)(H,40,43)(H,41,46). The molecule has 1 atom stereocenters. The van der Waals surface area contributed by atoms with Crippen LogP contribution in [0.3, 0.4) is 0 Å². The number of methoxy groups -OCH3 is 1. The Labute approximate surface area is 275 Å². The molecule has 47 heavy (non-hydrogen) atoms. The molecule has 0 radical (unpaired) electrons. The average Bonchev–Trinajstić information content (AvgIpc) is 3.90. The molecule has 1 unspecified atom stereocenters. The number of ether oxygens (including phenoxy) is 1. The van der Waals surface area contributed by atoms with E-state index in [2.05, 4.69) is 103 Å². The Kier molecular flexibility index (Phi) is 9.78. The van der Waals surface area contributed by atoms with Crippen molar-refractivity contribution in [1.29, 1.82) is 0 Å². The van der Waals surface area contributed by atoms with E-state index in [9.17, 15) is 9.59 Å². The van der Waals surface area contributed by atoms with Gasteiger partial charge in [0, 0.05) is 12.1 Å². The SMILES string of the molecule is CCCN(Cc1ncc(-c2cc(C)c(-c3ccc(-c4cnc(C5CCCN5)[nH]4)cc3)c(-c3ccccc3)c2)[nH]1)C(=O)CNC(=O)OC. The van der Waals surface area contributed by atoms with Crippen molar-refractivity contribution in [1.82, 2.24) is 35.5 Å². The summed E-state index contributed by atoms with van der Waals surface area (Å²) >= 11 is 0. The topological polar surface area (TPSA) is 128 Å². The number of carbonyl (C=O) groups is 2. The van der Waals surface area contributed by atoms with Crippen LogP contribution in [-0.4, -0.2) is 63.6 Å². The maximum absolute atomic E-state index is 12.8. The summed E-state index contributed by atoms with van der Waals surface area (Å²) in [6, 6.07) is 23.8. The number of aryl methyl sites for hydroxylation is 1. The molecule has 1 aliphatic heterocycles. The van der Waals surface area contributed by atoms with E-state index in [1.807, 2.05) is 25.4 Å². The van der Waals surface area contributed by atoms with E-state index >= 15 is 0 Å². The summed E-state index contributed by atoms with van der Waals surface area (Å²) in [6.07, 6.45) is 6.16. The molecular weight excluding hydrogens is 590 g/mol. The molecule has 0 bridgehead atoms. The van der Waals surface area contributed by atoms with Gasteiger partial charge < -0.3 is 30.2 Å². The quantitative estimate of drug-likeness (QED) is 0.130. The second-order valence-corrected chi connectivity index (χ2v) is 11.9. The third kappa shape index (κ3) is 7.28. The molecule has 1 saturated heterocycles.